The lowest BCUT2D eigenvalue weighted by atomic mass is 10.2. The van der Waals surface area contributed by atoms with E-state index in [1.54, 1.807) is 24.5 Å². The number of furan rings is 1. The van der Waals surface area contributed by atoms with Gasteiger partial charge in [-0.1, -0.05) is 11.6 Å². The minimum atomic E-state index is -0.449. The molecule has 5 rings (SSSR count). The van der Waals surface area contributed by atoms with E-state index in [1.165, 1.54) is 22.7 Å². The summed E-state index contributed by atoms with van der Waals surface area (Å²) in [6.07, 6.45) is 4.83. The fourth-order valence-corrected chi connectivity index (χ4v) is 3.66. The Bertz CT molecular complexity index is 1320. The number of anilines is 2. The third-order valence-corrected chi connectivity index (χ3v) is 5.25. The molecule has 10 nitrogen and oxygen atoms in total. The molecule has 4 aromatic heterocycles. The summed E-state index contributed by atoms with van der Waals surface area (Å²) in [5, 5.41) is 10.8. The van der Waals surface area contributed by atoms with E-state index in [1.807, 2.05) is 6.07 Å². The van der Waals surface area contributed by atoms with E-state index in [2.05, 4.69) is 25.6 Å². The number of rotatable bonds is 4. The van der Waals surface area contributed by atoms with Crippen molar-refractivity contribution in [3.8, 4) is 5.88 Å². The van der Waals surface area contributed by atoms with Crippen LogP contribution in [0.15, 0.2) is 58.1 Å². The molecule has 5 heterocycles. The fourth-order valence-electron chi connectivity index (χ4n) is 3.51. The summed E-state index contributed by atoms with van der Waals surface area (Å²) in [4.78, 5) is 31.7. The topological polar surface area (TPSA) is 110 Å². The van der Waals surface area contributed by atoms with Crippen molar-refractivity contribution in [2.45, 2.75) is 0 Å². The molecule has 1 fully saturated rings. The molecule has 31 heavy (non-hydrogen) atoms. The minimum absolute atomic E-state index is 0.0482. The van der Waals surface area contributed by atoms with Crippen molar-refractivity contribution < 1.29 is 9.21 Å². The molecule has 0 aromatic carbocycles. The van der Waals surface area contributed by atoms with Crippen molar-refractivity contribution in [2.75, 3.05) is 36.4 Å². The van der Waals surface area contributed by atoms with E-state index in [-0.39, 0.29) is 11.6 Å². The average molecular weight is 440 g/mol. The van der Waals surface area contributed by atoms with Gasteiger partial charge in [-0.15, -0.1) is 9.78 Å². The first-order valence-corrected chi connectivity index (χ1v) is 10.1. The van der Waals surface area contributed by atoms with Crippen molar-refractivity contribution in [1.29, 1.82) is 0 Å². The quantitative estimate of drug-likeness (QED) is 0.498. The largest absolute Gasteiger partial charge is 0.433 e. The number of fused-ring (bicyclic) bond motifs is 1. The van der Waals surface area contributed by atoms with Crippen LogP contribution in [0.2, 0.25) is 5.02 Å². The van der Waals surface area contributed by atoms with Gasteiger partial charge in [0.05, 0.1) is 17.6 Å². The monoisotopic (exact) mass is 439 g/mol. The zero-order chi connectivity index (χ0) is 21.4. The van der Waals surface area contributed by atoms with Gasteiger partial charge in [0.15, 0.2) is 11.4 Å². The van der Waals surface area contributed by atoms with Crippen LogP contribution < -0.4 is 21.2 Å². The average Bonchev–Trinajstić information content (AvgIpc) is 3.39. The third kappa shape index (κ3) is 3.66. The van der Waals surface area contributed by atoms with E-state index >= 15 is 0 Å². The highest BCUT2D eigenvalue weighted by molar-refractivity contribution is 6.30. The Labute approximate surface area is 181 Å². The Morgan fingerprint density at radius 2 is 2.03 bits per heavy atom. The lowest BCUT2D eigenvalue weighted by Crippen LogP contribution is -2.43. The number of aromatic nitrogens is 4. The number of nitrogens with one attached hydrogen (secondary N) is 2. The number of carbonyl (C=O) groups is 1. The Morgan fingerprint density at radius 3 is 2.87 bits per heavy atom. The van der Waals surface area contributed by atoms with Gasteiger partial charge in [0.2, 0.25) is 5.88 Å². The SMILES string of the molecule is O=C(Nc1cnccc1N1CCNCC1)c1ccc(-n2nc3cc(Cl)ccn3c2=O)o1. The number of pyridine rings is 2. The normalized spacial score (nSPS) is 14.2. The molecular formula is C20H18ClN7O3. The third-order valence-electron chi connectivity index (χ3n) is 5.01. The number of amides is 1. The molecule has 0 bridgehead atoms. The Morgan fingerprint density at radius 1 is 1.19 bits per heavy atom. The first-order chi connectivity index (χ1) is 15.1. The number of hydrogen-bond donors (Lipinski definition) is 2. The molecular weight excluding hydrogens is 422 g/mol. The second-order valence-electron chi connectivity index (χ2n) is 6.99. The summed E-state index contributed by atoms with van der Waals surface area (Å²) in [6.45, 7) is 3.41. The molecule has 1 amide bonds. The predicted octanol–water partition coefficient (Wildman–Crippen LogP) is 1.79. The maximum absolute atomic E-state index is 12.8. The minimum Gasteiger partial charge on any atom is -0.433 e. The number of hydrogen-bond acceptors (Lipinski definition) is 7. The van der Waals surface area contributed by atoms with Gasteiger partial charge in [0, 0.05) is 55.7 Å². The van der Waals surface area contributed by atoms with Crippen LogP contribution in [0.25, 0.3) is 11.5 Å². The van der Waals surface area contributed by atoms with Crippen LogP contribution in [0.4, 0.5) is 11.4 Å². The molecule has 0 spiro atoms. The lowest BCUT2D eigenvalue weighted by molar-refractivity contribution is 0.0996. The Kier molecular flexibility index (Phi) is 4.92. The van der Waals surface area contributed by atoms with Crippen LogP contribution >= 0.6 is 11.6 Å². The van der Waals surface area contributed by atoms with Gasteiger partial charge in [-0.05, 0) is 18.2 Å². The van der Waals surface area contributed by atoms with Crippen LogP contribution in [0.5, 0.6) is 0 Å². The van der Waals surface area contributed by atoms with Gasteiger partial charge in [-0.2, -0.15) is 0 Å². The molecule has 158 valence electrons. The van der Waals surface area contributed by atoms with Crippen molar-refractivity contribution in [3.05, 3.63) is 70.2 Å². The number of halogens is 1. The maximum atomic E-state index is 12.8. The summed E-state index contributed by atoms with van der Waals surface area (Å²) in [5.41, 5.74) is 1.43. The molecule has 11 heteroatoms. The summed E-state index contributed by atoms with van der Waals surface area (Å²) < 4.78 is 8.05. The van der Waals surface area contributed by atoms with E-state index < -0.39 is 11.6 Å². The molecule has 0 radical (unpaired) electrons. The number of carbonyl (C=O) groups excluding carboxylic acids is 1. The molecule has 0 saturated carbocycles. The molecule has 4 aromatic rings. The van der Waals surface area contributed by atoms with Crippen molar-refractivity contribution >= 4 is 34.5 Å². The second-order valence-corrected chi connectivity index (χ2v) is 7.43. The lowest BCUT2D eigenvalue weighted by Gasteiger charge is -2.30. The summed E-state index contributed by atoms with van der Waals surface area (Å²) in [6, 6.07) is 8.04. The summed E-state index contributed by atoms with van der Waals surface area (Å²) in [7, 11) is 0. The van der Waals surface area contributed by atoms with Gasteiger partial charge in [-0.3, -0.25) is 9.78 Å². The van der Waals surface area contributed by atoms with Gasteiger partial charge in [-0.25, -0.2) is 9.20 Å². The van der Waals surface area contributed by atoms with Crippen molar-refractivity contribution in [3.63, 3.8) is 0 Å². The highest BCUT2D eigenvalue weighted by atomic mass is 35.5. The second kappa shape index (κ2) is 7.89. The first-order valence-electron chi connectivity index (χ1n) is 9.68. The van der Waals surface area contributed by atoms with Gasteiger partial charge in [0.1, 0.15) is 0 Å². The fraction of sp³-hybridized carbons (Fsp3) is 0.200. The number of piperazine rings is 1. The molecule has 0 atom stereocenters. The van der Waals surface area contributed by atoms with Crippen molar-refractivity contribution in [2.24, 2.45) is 0 Å². The van der Waals surface area contributed by atoms with Crippen LogP contribution in [0.3, 0.4) is 0 Å². The number of nitrogens with zero attached hydrogens (tertiary/aromatic N) is 5. The molecule has 2 N–H and O–H groups in total. The van der Waals surface area contributed by atoms with Crippen LogP contribution in [0.1, 0.15) is 10.6 Å². The highest BCUT2D eigenvalue weighted by Gasteiger charge is 2.19. The first kappa shape index (κ1) is 19.3. The predicted molar refractivity (Wildman–Crippen MR) is 115 cm³/mol. The molecule has 0 unspecified atom stereocenters. The van der Waals surface area contributed by atoms with Gasteiger partial charge < -0.3 is 20.0 Å². The standard InChI is InChI=1S/C20H18ClN7O3/c21-13-4-8-27-17(11-13)25-28(20(27)30)18-2-1-16(31-18)19(29)24-14-12-23-5-3-15(14)26-9-6-22-7-10-26/h1-5,8,11-12,22H,6-7,9-10H2,(H,24,29). The van der Waals surface area contributed by atoms with E-state index in [0.29, 0.717) is 16.4 Å². The molecule has 1 aliphatic rings. The summed E-state index contributed by atoms with van der Waals surface area (Å²) >= 11 is 5.96. The van der Waals surface area contributed by atoms with E-state index in [0.717, 1.165) is 36.5 Å². The highest BCUT2D eigenvalue weighted by Crippen LogP contribution is 2.25. The van der Waals surface area contributed by atoms with Crippen molar-refractivity contribution in [1.82, 2.24) is 24.5 Å². The zero-order valence-electron chi connectivity index (χ0n) is 16.3. The summed E-state index contributed by atoms with van der Waals surface area (Å²) in [5.74, 6) is -0.272. The van der Waals surface area contributed by atoms with Crippen LogP contribution in [-0.4, -0.2) is 51.3 Å². The molecule has 1 saturated heterocycles. The maximum Gasteiger partial charge on any atom is 0.357 e. The Balaban J connectivity index is 1.41. The van der Waals surface area contributed by atoms with Gasteiger partial charge >= 0.3 is 5.69 Å². The van der Waals surface area contributed by atoms with Crippen LogP contribution in [-0.2, 0) is 0 Å². The Hall–Kier alpha value is -3.63. The van der Waals surface area contributed by atoms with E-state index in [9.17, 15) is 9.59 Å². The van der Waals surface area contributed by atoms with Crippen LogP contribution in [0, 0.1) is 0 Å². The van der Waals surface area contributed by atoms with E-state index in [4.69, 9.17) is 16.0 Å². The van der Waals surface area contributed by atoms with Gasteiger partial charge in [0.25, 0.3) is 5.91 Å². The zero-order valence-corrected chi connectivity index (χ0v) is 17.0. The molecule has 0 aliphatic carbocycles. The smallest absolute Gasteiger partial charge is 0.357 e. The molecule has 1 aliphatic heterocycles.